The number of benzene rings is 1. The lowest BCUT2D eigenvalue weighted by molar-refractivity contribution is 0.130. The van der Waals surface area contributed by atoms with Gasteiger partial charge in [0.2, 0.25) is 0 Å². The minimum atomic E-state index is 0.808. The topological polar surface area (TPSA) is 0 Å². The molecule has 0 heteroatoms. The first kappa shape index (κ1) is 19.0. The second-order valence-corrected chi connectivity index (χ2v) is 9.18. The molecule has 0 aromatic heterocycles. The molecule has 3 unspecified atom stereocenters. The summed E-state index contributed by atoms with van der Waals surface area (Å²) >= 11 is 0. The van der Waals surface area contributed by atoms with E-state index in [0.717, 1.165) is 36.0 Å². The highest BCUT2D eigenvalue weighted by atomic mass is 14.4. The first-order chi connectivity index (χ1) is 12.2. The highest BCUT2D eigenvalue weighted by Crippen LogP contribution is 2.46. The van der Waals surface area contributed by atoms with Gasteiger partial charge < -0.3 is 0 Å². The van der Waals surface area contributed by atoms with Crippen LogP contribution in [0.4, 0.5) is 0 Å². The van der Waals surface area contributed by atoms with Crippen LogP contribution in [0, 0.1) is 23.7 Å². The molecule has 3 atom stereocenters. The molecule has 0 N–H and O–H groups in total. The van der Waals surface area contributed by atoms with Crippen LogP contribution in [-0.2, 0) is 6.42 Å². The van der Waals surface area contributed by atoms with Crippen LogP contribution in [0.2, 0.25) is 0 Å². The second kappa shape index (κ2) is 9.24. The van der Waals surface area contributed by atoms with Crippen molar-refractivity contribution in [3.63, 3.8) is 0 Å². The third-order valence-corrected chi connectivity index (χ3v) is 7.55. The van der Waals surface area contributed by atoms with Crippen molar-refractivity contribution >= 4 is 0 Å². The van der Waals surface area contributed by atoms with Gasteiger partial charge in [0.25, 0.3) is 0 Å². The molecule has 3 rings (SSSR count). The van der Waals surface area contributed by atoms with E-state index in [9.17, 15) is 0 Å². The minimum absolute atomic E-state index is 0.808. The van der Waals surface area contributed by atoms with E-state index in [1.807, 2.05) is 0 Å². The molecule has 0 radical (unpaired) electrons. The van der Waals surface area contributed by atoms with E-state index in [2.05, 4.69) is 45.0 Å². The fraction of sp³-hybridized carbons (Fsp3) is 0.760. The molecular weight excluding hydrogens is 300 g/mol. The number of rotatable bonds is 6. The maximum Gasteiger partial charge on any atom is -0.0136 e. The maximum atomic E-state index is 2.53. The Morgan fingerprint density at radius 3 is 2.12 bits per heavy atom. The predicted octanol–water partition coefficient (Wildman–Crippen LogP) is 7.77. The van der Waals surface area contributed by atoms with E-state index in [0.29, 0.717) is 0 Å². The smallest absolute Gasteiger partial charge is 0.0136 e. The fourth-order valence-electron chi connectivity index (χ4n) is 5.80. The van der Waals surface area contributed by atoms with E-state index in [-0.39, 0.29) is 0 Å². The van der Waals surface area contributed by atoms with Crippen molar-refractivity contribution in [2.24, 2.45) is 23.7 Å². The third-order valence-electron chi connectivity index (χ3n) is 7.55. The summed E-state index contributed by atoms with van der Waals surface area (Å²) in [6.07, 6.45) is 16.0. The van der Waals surface area contributed by atoms with Crippen molar-refractivity contribution in [1.29, 1.82) is 0 Å². The van der Waals surface area contributed by atoms with Crippen LogP contribution in [0.25, 0.3) is 0 Å². The lowest BCUT2D eigenvalue weighted by Gasteiger charge is -2.41. The van der Waals surface area contributed by atoms with Crippen molar-refractivity contribution in [2.45, 2.75) is 97.3 Å². The Morgan fingerprint density at radius 2 is 1.52 bits per heavy atom. The highest BCUT2D eigenvalue weighted by Gasteiger charge is 2.34. The molecule has 2 aliphatic carbocycles. The van der Waals surface area contributed by atoms with Gasteiger partial charge in [0.05, 0.1) is 0 Å². The minimum Gasteiger partial charge on any atom is -0.0654 e. The molecule has 0 nitrogen and oxygen atoms in total. The first-order valence-corrected chi connectivity index (χ1v) is 11.3. The van der Waals surface area contributed by atoms with Gasteiger partial charge in [-0.05, 0) is 79.2 Å². The molecule has 0 heterocycles. The van der Waals surface area contributed by atoms with Gasteiger partial charge in [-0.15, -0.1) is 0 Å². The monoisotopic (exact) mass is 340 g/mol. The van der Waals surface area contributed by atoms with Crippen LogP contribution < -0.4 is 0 Å². The fourth-order valence-corrected chi connectivity index (χ4v) is 5.80. The second-order valence-electron chi connectivity index (χ2n) is 9.18. The standard InChI is InChI=1S/C25H40/c1-4-6-7-21-10-12-22(13-11-21)24-16-17-25(19(3)18-24)23-14-8-20(5-2)9-15-23/h8-9,14-15,19,21-22,24-25H,4-7,10-13,16-18H2,1-3H3/t19?,21-,22-,24?,25?. The first-order valence-electron chi connectivity index (χ1n) is 11.3. The van der Waals surface area contributed by atoms with Crippen molar-refractivity contribution in [1.82, 2.24) is 0 Å². The largest absolute Gasteiger partial charge is 0.0654 e. The SMILES string of the molecule is CCCC[C@H]1CC[C@H](C2CCC(c3ccc(CC)cc3)C(C)C2)CC1. The van der Waals surface area contributed by atoms with Gasteiger partial charge in [-0.3, -0.25) is 0 Å². The molecule has 0 aliphatic heterocycles. The van der Waals surface area contributed by atoms with Gasteiger partial charge in [-0.2, -0.15) is 0 Å². The Bertz CT molecular complexity index is 491. The van der Waals surface area contributed by atoms with Crippen molar-refractivity contribution in [3.8, 4) is 0 Å². The summed E-state index contributed by atoms with van der Waals surface area (Å²) in [7, 11) is 0. The van der Waals surface area contributed by atoms with Gasteiger partial charge in [0, 0.05) is 0 Å². The summed E-state index contributed by atoms with van der Waals surface area (Å²) in [6.45, 7) is 7.11. The Morgan fingerprint density at radius 1 is 0.840 bits per heavy atom. The summed E-state index contributed by atoms with van der Waals surface area (Å²) in [5.74, 6) is 4.80. The Kier molecular flexibility index (Phi) is 7.02. The summed E-state index contributed by atoms with van der Waals surface area (Å²) in [4.78, 5) is 0. The maximum absolute atomic E-state index is 2.53. The molecule has 2 aliphatic rings. The zero-order valence-electron chi connectivity index (χ0n) is 17.0. The number of hydrogen-bond donors (Lipinski definition) is 0. The van der Waals surface area contributed by atoms with Gasteiger partial charge in [-0.25, -0.2) is 0 Å². The average molecular weight is 341 g/mol. The van der Waals surface area contributed by atoms with Crippen LogP contribution in [0.5, 0.6) is 0 Å². The quantitative estimate of drug-likeness (QED) is 0.496. The van der Waals surface area contributed by atoms with Crippen molar-refractivity contribution in [3.05, 3.63) is 35.4 Å². The Balaban J connectivity index is 1.50. The van der Waals surface area contributed by atoms with E-state index in [4.69, 9.17) is 0 Å². The number of hydrogen-bond acceptors (Lipinski definition) is 0. The molecule has 0 amide bonds. The molecule has 0 saturated heterocycles. The molecule has 1 aromatic carbocycles. The van der Waals surface area contributed by atoms with Gasteiger partial charge in [0.15, 0.2) is 0 Å². The van der Waals surface area contributed by atoms with Crippen LogP contribution in [0.3, 0.4) is 0 Å². The van der Waals surface area contributed by atoms with Gasteiger partial charge in [-0.1, -0.05) is 77.1 Å². The Hall–Kier alpha value is -0.780. The normalized spacial score (nSPS) is 33.3. The van der Waals surface area contributed by atoms with Crippen molar-refractivity contribution < 1.29 is 0 Å². The Labute approximate surface area is 156 Å². The van der Waals surface area contributed by atoms with Gasteiger partial charge >= 0.3 is 0 Å². The molecular formula is C25H40. The molecule has 2 saturated carbocycles. The summed E-state index contributed by atoms with van der Waals surface area (Å²) in [5.41, 5.74) is 3.08. The number of unbranched alkanes of at least 4 members (excludes halogenated alkanes) is 1. The third kappa shape index (κ3) is 4.89. The highest BCUT2D eigenvalue weighted by molar-refractivity contribution is 5.26. The summed E-state index contributed by atoms with van der Waals surface area (Å²) in [5, 5.41) is 0. The summed E-state index contributed by atoms with van der Waals surface area (Å²) in [6, 6.07) is 9.54. The van der Waals surface area contributed by atoms with E-state index >= 15 is 0 Å². The van der Waals surface area contributed by atoms with Crippen molar-refractivity contribution in [2.75, 3.05) is 0 Å². The zero-order chi connectivity index (χ0) is 17.6. The van der Waals surface area contributed by atoms with Crippen LogP contribution in [0.1, 0.15) is 102 Å². The molecule has 0 bridgehead atoms. The lowest BCUT2D eigenvalue weighted by Crippen LogP contribution is -2.29. The summed E-state index contributed by atoms with van der Waals surface area (Å²) < 4.78 is 0. The van der Waals surface area contributed by atoms with Gasteiger partial charge in [0.1, 0.15) is 0 Å². The van der Waals surface area contributed by atoms with E-state index in [1.54, 1.807) is 5.56 Å². The molecule has 1 aromatic rings. The molecule has 2 fully saturated rings. The molecule has 25 heavy (non-hydrogen) atoms. The lowest BCUT2D eigenvalue weighted by atomic mass is 9.65. The molecule has 0 spiro atoms. The van der Waals surface area contributed by atoms with Crippen LogP contribution in [-0.4, -0.2) is 0 Å². The van der Waals surface area contributed by atoms with E-state index < -0.39 is 0 Å². The zero-order valence-corrected chi connectivity index (χ0v) is 17.0. The molecule has 140 valence electrons. The van der Waals surface area contributed by atoms with E-state index in [1.165, 1.54) is 69.8 Å². The predicted molar refractivity (Wildman–Crippen MR) is 110 cm³/mol. The number of aryl methyl sites for hydroxylation is 1. The van der Waals surface area contributed by atoms with Crippen LogP contribution in [0.15, 0.2) is 24.3 Å². The average Bonchev–Trinajstić information content (AvgIpc) is 2.67. The van der Waals surface area contributed by atoms with Crippen LogP contribution >= 0.6 is 0 Å².